The van der Waals surface area contributed by atoms with E-state index < -0.39 is 53.5 Å². The number of benzene rings is 2. The Labute approximate surface area is 303 Å². The zero-order chi connectivity index (χ0) is 36.8. The second-order valence-electron chi connectivity index (χ2n) is 15.4. The highest BCUT2D eigenvalue weighted by atomic mass is 16.7. The number of allylic oxidation sites excluding steroid dienone is 4. The average molecular weight is 711 g/mol. The second kappa shape index (κ2) is 13.9. The van der Waals surface area contributed by atoms with Gasteiger partial charge in [0.05, 0.1) is 29.1 Å². The number of esters is 1. The van der Waals surface area contributed by atoms with Crippen LogP contribution in [0.4, 0.5) is 11.4 Å². The van der Waals surface area contributed by atoms with Gasteiger partial charge in [0.15, 0.2) is 24.3 Å². The molecule has 1 heterocycles. The molecule has 4 fully saturated rings. The first-order valence-corrected chi connectivity index (χ1v) is 18.4. The summed E-state index contributed by atoms with van der Waals surface area (Å²) < 4.78 is 18.8. The predicted molar refractivity (Wildman–Crippen MR) is 189 cm³/mol. The number of ketones is 2. The average Bonchev–Trinajstić information content (AvgIpc) is 3.61. The van der Waals surface area contributed by atoms with E-state index in [0.29, 0.717) is 37.1 Å². The van der Waals surface area contributed by atoms with E-state index in [0.717, 1.165) is 30.4 Å². The van der Waals surface area contributed by atoms with Gasteiger partial charge in [-0.1, -0.05) is 57.0 Å². The molecule has 2 aromatic carbocycles. The van der Waals surface area contributed by atoms with Gasteiger partial charge in [0.2, 0.25) is 5.78 Å². The van der Waals surface area contributed by atoms with Crippen LogP contribution in [0.3, 0.4) is 0 Å². The number of rotatable bonds is 11. The molecule has 0 radical (unpaired) electrons. The molecule has 1 aliphatic heterocycles. The molecule has 5 aliphatic rings. The van der Waals surface area contributed by atoms with E-state index in [1.54, 1.807) is 30.4 Å². The number of azo groups is 1. The molecule has 0 amide bonds. The van der Waals surface area contributed by atoms with Crippen molar-refractivity contribution in [1.29, 1.82) is 0 Å². The number of hydrogen-bond donors (Lipinski definition) is 2. The fourth-order valence-electron chi connectivity index (χ4n) is 10.2. The third-order valence-electron chi connectivity index (χ3n) is 12.6. The summed E-state index contributed by atoms with van der Waals surface area (Å²) in [6, 6.07) is 13.3. The number of aliphatic hydroxyl groups is 1. The lowest BCUT2D eigenvalue weighted by Crippen LogP contribution is -2.63. The molecule has 11 heteroatoms. The minimum atomic E-state index is -1.37. The van der Waals surface area contributed by atoms with Crippen LogP contribution < -0.4 is 0 Å². The van der Waals surface area contributed by atoms with Gasteiger partial charge in [0.25, 0.3) is 0 Å². The van der Waals surface area contributed by atoms with Gasteiger partial charge >= 0.3 is 11.9 Å². The lowest BCUT2D eigenvalue weighted by Gasteiger charge is -2.59. The standard InChI is InChI=1S/C41H46N2O9/c1-4-7-36-51-34-21-30-29-16-13-26-20-28(44)18-19-39(26,2)37(29)32(45)22-40(30,3)41(34,52-36)33(46)23-50-35(47)17-12-24-8-5-6-9-31(24)43-42-27-14-10-25(11-15-27)38(48)49/h5-6,8-11,14-15,18-20,29-30,32,34,36-37,45H,4,7,12-13,16-17,21-23H2,1-3H3,(H,48,49)/b43-42+/t29?,30?,32?,34?,36-,37?,39?,40?,41?/m0/s1. The molecular formula is C41H46N2O9. The van der Waals surface area contributed by atoms with Crippen LogP contribution in [0.2, 0.25) is 0 Å². The van der Waals surface area contributed by atoms with E-state index in [1.165, 1.54) is 12.1 Å². The Morgan fingerprint density at radius 3 is 2.58 bits per heavy atom. The van der Waals surface area contributed by atoms with Gasteiger partial charge in [-0.3, -0.25) is 14.4 Å². The van der Waals surface area contributed by atoms with Crippen molar-refractivity contribution in [2.24, 2.45) is 38.8 Å². The molecule has 0 spiro atoms. The first-order valence-electron chi connectivity index (χ1n) is 18.4. The third kappa shape index (κ3) is 6.06. The summed E-state index contributed by atoms with van der Waals surface area (Å²) in [5, 5.41) is 29.6. The van der Waals surface area contributed by atoms with Crippen molar-refractivity contribution in [3.63, 3.8) is 0 Å². The second-order valence-corrected chi connectivity index (χ2v) is 15.4. The van der Waals surface area contributed by atoms with Gasteiger partial charge in [0.1, 0.15) is 0 Å². The van der Waals surface area contributed by atoms with E-state index in [9.17, 15) is 24.3 Å². The zero-order valence-corrected chi connectivity index (χ0v) is 29.8. The van der Waals surface area contributed by atoms with Gasteiger partial charge in [-0.25, -0.2) is 4.79 Å². The highest BCUT2D eigenvalue weighted by Crippen LogP contribution is 2.69. The maximum atomic E-state index is 14.5. The fourth-order valence-corrected chi connectivity index (χ4v) is 10.2. The van der Waals surface area contributed by atoms with Crippen molar-refractivity contribution >= 4 is 34.9 Å². The Balaban J connectivity index is 1.05. The number of carbonyl (C=O) groups is 4. The van der Waals surface area contributed by atoms with Crippen LogP contribution in [0.5, 0.6) is 0 Å². The molecule has 9 atom stereocenters. The first kappa shape index (κ1) is 36.1. The molecule has 3 saturated carbocycles. The highest BCUT2D eigenvalue weighted by Gasteiger charge is 2.75. The molecule has 1 saturated heterocycles. The number of ether oxygens (including phenoxy) is 3. The summed E-state index contributed by atoms with van der Waals surface area (Å²) in [4.78, 5) is 51.0. The molecule has 274 valence electrons. The molecule has 0 aromatic heterocycles. The smallest absolute Gasteiger partial charge is 0.335 e. The summed E-state index contributed by atoms with van der Waals surface area (Å²) >= 11 is 0. The number of Topliss-reactive ketones (excluding diaryl/α,β-unsaturated/α-hetero) is 1. The minimum absolute atomic E-state index is 0.00613. The van der Waals surface area contributed by atoms with Crippen molar-refractivity contribution in [2.75, 3.05) is 6.61 Å². The third-order valence-corrected chi connectivity index (χ3v) is 12.6. The predicted octanol–water partition coefficient (Wildman–Crippen LogP) is 7.01. The number of hydrogen-bond acceptors (Lipinski definition) is 10. The Kier molecular flexibility index (Phi) is 9.65. The minimum Gasteiger partial charge on any atom is -0.478 e. The number of aromatic carboxylic acids is 1. The molecule has 7 rings (SSSR count). The highest BCUT2D eigenvalue weighted by molar-refractivity contribution is 6.01. The summed E-state index contributed by atoms with van der Waals surface area (Å²) in [7, 11) is 0. The summed E-state index contributed by atoms with van der Waals surface area (Å²) in [6.07, 6.45) is 7.71. The summed E-state index contributed by atoms with van der Waals surface area (Å²) in [6.45, 7) is 5.74. The number of aliphatic hydroxyl groups excluding tert-OH is 1. The Morgan fingerprint density at radius 1 is 1.06 bits per heavy atom. The Hall–Kier alpha value is -4.32. The summed E-state index contributed by atoms with van der Waals surface area (Å²) in [5.41, 5.74) is 0.455. The van der Waals surface area contributed by atoms with Crippen LogP contribution in [0.1, 0.15) is 81.6 Å². The number of carbonyl (C=O) groups excluding carboxylic acids is 3. The normalized spacial score (nSPS) is 34.6. The molecular weight excluding hydrogens is 664 g/mol. The van der Waals surface area contributed by atoms with Gasteiger partial charge in [-0.05, 0) is 98.4 Å². The monoisotopic (exact) mass is 710 g/mol. The van der Waals surface area contributed by atoms with Crippen LogP contribution in [0.25, 0.3) is 0 Å². The van der Waals surface area contributed by atoms with Crippen molar-refractivity contribution in [3.8, 4) is 0 Å². The van der Waals surface area contributed by atoms with Gasteiger partial charge in [-0.15, -0.1) is 0 Å². The van der Waals surface area contributed by atoms with E-state index in [4.69, 9.17) is 19.3 Å². The van der Waals surface area contributed by atoms with Crippen LogP contribution in [0, 0.1) is 28.6 Å². The quantitative estimate of drug-likeness (QED) is 0.185. The SMILES string of the molecule is CCC[C@H]1OC2CC3C4CCC5=CC(=O)C=CC5(C)C4C(O)CC3(C)C2(C(=O)COC(=O)CCc2ccccc2/N=N/c2ccc(C(=O)O)cc2)O1. The molecule has 0 bridgehead atoms. The number of carboxylic acid groups (broad SMARTS) is 1. The number of nitrogens with zero attached hydrogens (tertiary/aromatic N) is 2. The molecule has 11 nitrogen and oxygen atoms in total. The molecule has 2 aromatic rings. The van der Waals surface area contributed by atoms with Crippen molar-refractivity contribution in [1.82, 2.24) is 0 Å². The van der Waals surface area contributed by atoms with Crippen LogP contribution in [0.15, 0.2) is 82.6 Å². The Morgan fingerprint density at radius 2 is 1.83 bits per heavy atom. The number of aryl methyl sites for hydroxylation is 1. The van der Waals surface area contributed by atoms with Crippen molar-refractivity contribution in [2.45, 2.75) is 96.2 Å². The topological polar surface area (TPSA) is 161 Å². The molecule has 4 aliphatic carbocycles. The fraction of sp³-hybridized carbons (Fsp3) is 0.512. The molecule has 8 unspecified atom stereocenters. The first-order chi connectivity index (χ1) is 24.9. The lowest BCUT2D eigenvalue weighted by atomic mass is 9.46. The van der Waals surface area contributed by atoms with Crippen LogP contribution in [-0.4, -0.2) is 64.4 Å². The van der Waals surface area contributed by atoms with Crippen LogP contribution >= 0.6 is 0 Å². The Bertz CT molecular complexity index is 1850. The maximum Gasteiger partial charge on any atom is 0.335 e. The largest absolute Gasteiger partial charge is 0.478 e. The van der Waals surface area contributed by atoms with Crippen molar-refractivity contribution in [3.05, 3.63) is 83.5 Å². The van der Waals surface area contributed by atoms with Gasteiger partial charge in [-0.2, -0.15) is 10.2 Å². The number of carboxylic acids is 1. The lowest BCUT2D eigenvalue weighted by molar-refractivity contribution is -0.201. The summed E-state index contributed by atoms with van der Waals surface area (Å²) in [5.74, 6) is -1.91. The van der Waals surface area contributed by atoms with Crippen LogP contribution in [-0.2, 0) is 35.0 Å². The zero-order valence-electron chi connectivity index (χ0n) is 29.8. The molecule has 52 heavy (non-hydrogen) atoms. The van der Waals surface area contributed by atoms with E-state index in [-0.39, 0.29) is 41.3 Å². The van der Waals surface area contributed by atoms with Crippen molar-refractivity contribution < 1.29 is 43.6 Å². The van der Waals surface area contributed by atoms with E-state index in [2.05, 4.69) is 24.1 Å². The number of fused-ring (bicyclic) bond motifs is 7. The van der Waals surface area contributed by atoms with Gasteiger partial charge in [0, 0.05) is 23.2 Å². The van der Waals surface area contributed by atoms with E-state index in [1.807, 2.05) is 31.2 Å². The molecule has 2 N–H and O–H groups in total. The van der Waals surface area contributed by atoms with E-state index >= 15 is 0 Å². The van der Waals surface area contributed by atoms with Gasteiger partial charge < -0.3 is 24.4 Å². The maximum absolute atomic E-state index is 14.5.